The molecule has 5 N–H and O–H groups in total. The monoisotopic (exact) mass is 351 g/mol. The number of carbonyl (C=O) groups excluding carboxylic acids is 2. The highest BCUT2D eigenvalue weighted by Crippen LogP contribution is 2.33. The highest BCUT2D eigenvalue weighted by molar-refractivity contribution is 6.10. The normalized spacial score (nSPS) is 16.6. The van der Waals surface area contributed by atoms with Crippen molar-refractivity contribution in [1.29, 1.82) is 0 Å². The number of amides is 1. The standard InChI is InChI=1S/C19H21N5O2/c20-18(26)14-15(12-5-4-10-6-7-22-9-13(10)8-12)23-19(21)24-16(14)17(25)11-2-1-3-11/h4-5,8,11,22H,1-3,6-7,9H2,(H2,20,26)(H2,21,23,24). The van der Waals surface area contributed by atoms with E-state index in [1.165, 1.54) is 5.56 Å². The summed E-state index contributed by atoms with van der Waals surface area (Å²) in [5.74, 6) is -1.01. The maximum Gasteiger partial charge on any atom is 0.253 e. The summed E-state index contributed by atoms with van der Waals surface area (Å²) in [6.45, 7) is 1.70. The summed E-state index contributed by atoms with van der Waals surface area (Å²) in [6.07, 6.45) is 3.57. The Labute approximate surface area is 151 Å². The molecule has 4 rings (SSSR count). The van der Waals surface area contributed by atoms with E-state index in [4.69, 9.17) is 11.5 Å². The minimum atomic E-state index is -0.710. The number of anilines is 1. The van der Waals surface area contributed by atoms with Crippen molar-refractivity contribution in [3.05, 3.63) is 40.6 Å². The number of hydrogen-bond donors (Lipinski definition) is 3. The molecule has 0 bridgehead atoms. The van der Waals surface area contributed by atoms with E-state index in [-0.39, 0.29) is 28.9 Å². The van der Waals surface area contributed by atoms with Crippen LogP contribution in [-0.2, 0) is 13.0 Å². The minimum Gasteiger partial charge on any atom is -0.368 e. The zero-order valence-corrected chi connectivity index (χ0v) is 14.4. The van der Waals surface area contributed by atoms with Crippen molar-refractivity contribution < 1.29 is 9.59 Å². The fourth-order valence-electron chi connectivity index (χ4n) is 3.59. The van der Waals surface area contributed by atoms with Gasteiger partial charge in [0.15, 0.2) is 5.78 Å². The summed E-state index contributed by atoms with van der Waals surface area (Å²) in [7, 11) is 0. The van der Waals surface area contributed by atoms with Gasteiger partial charge in [-0.1, -0.05) is 18.6 Å². The van der Waals surface area contributed by atoms with Gasteiger partial charge in [0.25, 0.3) is 5.91 Å². The highest BCUT2D eigenvalue weighted by Gasteiger charge is 2.32. The van der Waals surface area contributed by atoms with Crippen LogP contribution < -0.4 is 16.8 Å². The van der Waals surface area contributed by atoms with Gasteiger partial charge in [0.05, 0.1) is 11.3 Å². The summed E-state index contributed by atoms with van der Waals surface area (Å²) in [6, 6.07) is 5.91. The topological polar surface area (TPSA) is 124 Å². The highest BCUT2D eigenvalue weighted by atomic mass is 16.1. The van der Waals surface area contributed by atoms with Crippen molar-refractivity contribution in [2.75, 3.05) is 12.3 Å². The largest absolute Gasteiger partial charge is 0.368 e. The molecule has 1 aromatic carbocycles. The Morgan fingerprint density at radius 3 is 2.65 bits per heavy atom. The summed E-state index contributed by atoms with van der Waals surface area (Å²) in [5.41, 5.74) is 15.1. The van der Waals surface area contributed by atoms with E-state index in [1.54, 1.807) is 0 Å². The van der Waals surface area contributed by atoms with Gasteiger partial charge in [-0.05, 0) is 43.0 Å². The van der Waals surface area contributed by atoms with Gasteiger partial charge in [-0.25, -0.2) is 9.97 Å². The van der Waals surface area contributed by atoms with E-state index in [9.17, 15) is 9.59 Å². The maximum atomic E-state index is 12.8. The average molecular weight is 351 g/mol. The molecule has 0 atom stereocenters. The molecule has 26 heavy (non-hydrogen) atoms. The third kappa shape index (κ3) is 2.84. The number of carbonyl (C=O) groups is 2. The van der Waals surface area contributed by atoms with Crippen LogP contribution in [0.3, 0.4) is 0 Å². The Balaban J connectivity index is 1.86. The van der Waals surface area contributed by atoms with E-state index in [0.29, 0.717) is 5.69 Å². The molecule has 2 aromatic rings. The van der Waals surface area contributed by atoms with Crippen LogP contribution in [0, 0.1) is 5.92 Å². The molecular weight excluding hydrogens is 330 g/mol. The van der Waals surface area contributed by atoms with E-state index < -0.39 is 5.91 Å². The van der Waals surface area contributed by atoms with Crippen molar-refractivity contribution in [1.82, 2.24) is 15.3 Å². The third-order valence-corrected chi connectivity index (χ3v) is 5.25. The van der Waals surface area contributed by atoms with Crippen molar-refractivity contribution in [3.8, 4) is 11.3 Å². The number of fused-ring (bicyclic) bond motifs is 1. The molecule has 1 aliphatic carbocycles. The number of ketones is 1. The maximum absolute atomic E-state index is 12.8. The number of primary amides is 1. The average Bonchev–Trinajstić information content (AvgIpc) is 2.58. The Kier molecular flexibility index (Phi) is 4.16. The smallest absolute Gasteiger partial charge is 0.253 e. The van der Waals surface area contributed by atoms with Crippen molar-refractivity contribution >= 4 is 17.6 Å². The Morgan fingerprint density at radius 2 is 1.96 bits per heavy atom. The minimum absolute atomic E-state index is 0.0245. The lowest BCUT2D eigenvalue weighted by Crippen LogP contribution is -2.28. The molecule has 1 fully saturated rings. The molecule has 0 spiro atoms. The van der Waals surface area contributed by atoms with Gasteiger partial charge in [-0.15, -0.1) is 0 Å². The molecule has 1 aliphatic heterocycles. The Bertz CT molecular complexity index is 905. The third-order valence-electron chi connectivity index (χ3n) is 5.25. The van der Waals surface area contributed by atoms with Crippen LogP contribution in [0.4, 0.5) is 5.95 Å². The molecule has 7 heteroatoms. The van der Waals surface area contributed by atoms with Gasteiger partial charge in [-0.3, -0.25) is 9.59 Å². The van der Waals surface area contributed by atoms with Gasteiger partial charge in [-0.2, -0.15) is 0 Å². The fourth-order valence-corrected chi connectivity index (χ4v) is 3.59. The number of hydrogen-bond acceptors (Lipinski definition) is 6. The number of nitrogens with one attached hydrogen (secondary N) is 1. The number of aromatic nitrogens is 2. The molecule has 1 saturated carbocycles. The van der Waals surface area contributed by atoms with Crippen molar-refractivity contribution in [2.24, 2.45) is 11.7 Å². The predicted molar refractivity (Wildman–Crippen MR) is 97.5 cm³/mol. The van der Waals surface area contributed by atoms with Gasteiger partial charge in [0.2, 0.25) is 5.95 Å². The van der Waals surface area contributed by atoms with Gasteiger partial charge < -0.3 is 16.8 Å². The first kappa shape index (κ1) is 16.7. The lowest BCUT2D eigenvalue weighted by atomic mass is 9.80. The number of nitrogens with two attached hydrogens (primary N) is 2. The van der Waals surface area contributed by atoms with Crippen LogP contribution in [0.25, 0.3) is 11.3 Å². The number of rotatable bonds is 4. The second-order valence-electron chi connectivity index (χ2n) is 6.92. The SMILES string of the molecule is NC(=O)c1c(C(=O)C2CCC2)nc(N)nc1-c1ccc2c(c1)CNCC2. The molecule has 0 radical (unpaired) electrons. The summed E-state index contributed by atoms with van der Waals surface area (Å²) < 4.78 is 0. The second-order valence-corrected chi connectivity index (χ2v) is 6.92. The van der Waals surface area contributed by atoms with Crippen molar-refractivity contribution in [3.63, 3.8) is 0 Å². The van der Waals surface area contributed by atoms with Crippen LogP contribution >= 0.6 is 0 Å². The molecule has 134 valence electrons. The summed E-state index contributed by atoms with van der Waals surface area (Å²) in [5, 5.41) is 3.32. The Morgan fingerprint density at radius 1 is 1.15 bits per heavy atom. The van der Waals surface area contributed by atoms with Crippen molar-refractivity contribution in [2.45, 2.75) is 32.2 Å². The van der Waals surface area contributed by atoms with Gasteiger partial charge in [0.1, 0.15) is 5.69 Å². The fraction of sp³-hybridized carbons (Fsp3) is 0.368. The number of benzene rings is 1. The van der Waals surface area contributed by atoms with Gasteiger partial charge in [0, 0.05) is 18.0 Å². The zero-order valence-electron chi connectivity index (χ0n) is 14.4. The first-order valence-electron chi connectivity index (χ1n) is 8.89. The molecule has 1 amide bonds. The molecule has 2 heterocycles. The van der Waals surface area contributed by atoms with Crippen LogP contribution in [0.1, 0.15) is 51.2 Å². The van der Waals surface area contributed by atoms with Crippen LogP contribution in [-0.4, -0.2) is 28.2 Å². The van der Waals surface area contributed by atoms with E-state index in [0.717, 1.165) is 49.9 Å². The van der Waals surface area contributed by atoms with Crippen LogP contribution in [0.15, 0.2) is 18.2 Å². The quantitative estimate of drug-likeness (QED) is 0.716. The zero-order chi connectivity index (χ0) is 18.3. The summed E-state index contributed by atoms with van der Waals surface area (Å²) in [4.78, 5) is 33.3. The predicted octanol–water partition coefficient (Wildman–Crippen LogP) is 1.45. The lowest BCUT2D eigenvalue weighted by Gasteiger charge is -2.24. The molecule has 0 unspecified atom stereocenters. The molecular formula is C19H21N5O2. The Hall–Kier alpha value is -2.80. The second kappa shape index (κ2) is 6.49. The summed E-state index contributed by atoms with van der Waals surface area (Å²) >= 11 is 0. The number of nitrogens with zero attached hydrogens (tertiary/aromatic N) is 2. The molecule has 0 saturated heterocycles. The lowest BCUT2D eigenvalue weighted by molar-refractivity contribution is 0.0842. The van der Waals surface area contributed by atoms with E-state index in [1.807, 2.05) is 18.2 Å². The van der Waals surface area contributed by atoms with E-state index >= 15 is 0 Å². The molecule has 1 aromatic heterocycles. The van der Waals surface area contributed by atoms with Gasteiger partial charge >= 0.3 is 0 Å². The number of Topliss-reactive ketones (excluding diaryl/α,β-unsaturated/α-hetero) is 1. The number of nitrogen functional groups attached to an aromatic ring is 1. The molecule has 7 nitrogen and oxygen atoms in total. The first-order valence-corrected chi connectivity index (χ1v) is 8.89. The van der Waals surface area contributed by atoms with Crippen LogP contribution in [0.5, 0.6) is 0 Å². The van der Waals surface area contributed by atoms with E-state index in [2.05, 4.69) is 15.3 Å². The molecule has 2 aliphatic rings. The van der Waals surface area contributed by atoms with Crippen LogP contribution in [0.2, 0.25) is 0 Å². The first-order chi connectivity index (χ1) is 12.5.